The summed E-state index contributed by atoms with van der Waals surface area (Å²) in [5.74, 6) is -0.533. The molecule has 19 heavy (non-hydrogen) atoms. The molecule has 1 heterocycles. The third kappa shape index (κ3) is 3.14. The molecule has 4 heteroatoms. The van der Waals surface area contributed by atoms with Gasteiger partial charge in [0.1, 0.15) is 5.82 Å². The Morgan fingerprint density at radius 3 is 2.37 bits per heavy atom. The lowest BCUT2D eigenvalue weighted by atomic mass is 9.92. The first kappa shape index (κ1) is 13.0. The van der Waals surface area contributed by atoms with Crippen LogP contribution in [0.5, 0.6) is 0 Å². The van der Waals surface area contributed by atoms with E-state index in [9.17, 15) is 4.39 Å². The van der Waals surface area contributed by atoms with E-state index in [1.807, 2.05) is 0 Å². The van der Waals surface area contributed by atoms with Gasteiger partial charge in [0, 0.05) is 12.8 Å². The van der Waals surface area contributed by atoms with Crippen LogP contribution in [0.2, 0.25) is 0 Å². The van der Waals surface area contributed by atoms with Gasteiger partial charge in [0.25, 0.3) is 0 Å². The summed E-state index contributed by atoms with van der Waals surface area (Å²) in [7, 11) is 0. The molecule has 3 rings (SSSR count). The second-order valence-electron chi connectivity index (χ2n) is 5.24. The third-order valence-corrected chi connectivity index (χ3v) is 3.91. The van der Waals surface area contributed by atoms with Crippen molar-refractivity contribution in [3.63, 3.8) is 0 Å². The fourth-order valence-corrected chi connectivity index (χ4v) is 2.78. The first-order valence-electron chi connectivity index (χ1n) is 6.90. The standard InChI is InChI=1S/C15H19FO3/c16-13-3-1-12(2-4-13)11-17-14-5-7-15(8-6-14)18-9-10-19-15/h1-4,14H,5-11H2. The Morgan fingerprint density at radius 1 is 1.11 bits per heavy atom. The maximum absolute atomic E-state index is 12.8. The van der Waals surface area contributed by atoms with Crippen molar-refractivity contribution in [1.82, 2.24) is 0 Å². The Hall–Kier alpha value is -0.970. The zero-order valence-corrected chi connectivity index (χ0v) is 10.9. The highest BCUT2D eigenvalue weighted by molar-refractivity contribution is 5.15. The Kier molecular flexibility index (Phi) is 3.82. The third-order valence-electron chi connectivity index (χ3n) is 3.91. The van der Waals surface area contributed by atoms with Crippen molar-refractivity contribution in [3.8, 4) is 0 Å². The second kappa shape index (κ2) is 5.57. The van der Waals surface area contributed by atoms with Crippen LogP contribution in [0.15, 0.2) is 24.3 Å². The number of halogens is 1. The van der Waals surface area contributed by atoms with Gasteiger partial charge in [0.05, 0.1) is 25.9 Å². The molecule has 1 aliphatic heterocycles. The molecular weight excluding hydrogens is 247 g/mol. The van der Waals surface area contributed by atoms with Gasteiger partial charge in [-0.25, -0.2) is 4.39 Å². The molecule has 0 amide bonds. The van der Waals surface area contributed by atoms with Crippen molar-refractivity contribution in [2.24, 2.45) is 0 Å². The summed E-state index contributed by atoms with van der Waals surface area (Å²) in [5.41, 5.74) is 1.01. The van der Waals surface area contributed by atoms with E-state index < -0.39 is 0 Å². The highest BCUT2D eigenvalue weighted by Crippen LogP contribution is 2.36. The molecule has 0 aromatic heterocycles. The fourth-order valence-electron chi connectivity index (χ4n) is 2.78. The first-order valence-corrected chi connectivity index (χ1v) is 6.90. The molecule has 1 saturated heterocycles. The van der Waals surface area contributed by atoms with Gasteiger partial charge in [-0.3, -0.25) is 0 Å². The predicted molar refractivity (Wildman–Crippen MR) is 68.1 cm³/mol. The van der Waals surface area contributed by atoms with E-state index in [-0.39, 0.29) is 17.7 Å². The van der Waals surface area contributed by atoms with Gasteiger partial charge >= 0.3 is 0 Å². The van der Waals surface area contributed by atoms with E-state index in [1.165, 1.54) is 12.1 Å². The van der Waals surface area contributed by atoms with Crippen molar-refractivity contribution in [1.29, 1.82) is 0 Å². The summed E-state index contributed by atoms with van der Waals surface area (Å²) < 4.78 is 30.0. The van der Waals surface area contributed by atoms with Crippen molar-refractivity contribution in [3.05, 3.63) is 35.6 Å². The summed E-state index contributed by atoms with van der Waals surface area (Å²) in [5, 5.41) is 0. The van der Waals surface area contributed by atoms with Gasteiger partial charge in [-0.05, 0) is 30.5 Å². The number of hydrogen-bond acceptors (Lipinski definition) is 3. The SMILES string of the molecule is Fc1ccc(COC2CCC3(CC2)OCCO3)cc1. The minimum atomic E-state index is -0.324. The Balaban J connectivity index is 1.46. The average molecular weight is 266 g/mol. The lowest BCUT2D eigenvalue weighted by Crippen LogP contribution is -2.37. The van der Waals surface area contributed by atoms with Crippen molar-refractivity contribution >= 4 is 0 Å². The van der Waals surface area contributed by atoms with Crippen LogP contribution in [0.4, 0.5) is 4.39 Å². The minimum Gasteiger partial charge on any atom is -0.374 e. The summed E-state index contributed by atoms with van der Waals surface area (Å²) in [4.78, 5) is 0. The van der Waals surface area contributed by atoms with Crippen molar-refractivity contribution in [2.45, 2.75) is 44.2 Å². The molecule has 2 fully saturated rings. The highest BCUT2D eigenvalue weighted by atomic mass is 19.1. The summed E-state index contributed by atoms with van der Waals surface area (Å²) in [6.07, 6.45) is 3.98. The monoisotopic (exact) mass is 266 g/mol. The van der Waals surface area contributed by atoms with Crippen LogP contribution in [0, 0.1) is 5.82 Å². The maximum Gasteiger partial charge on any atom is 0.168 e. The molecule has 0 bridgehead atoms. The summed E-state index contributed by atoms with van der Waals surface area (Å²) in [6, 6.07) is 6.47. The zero-order chi connectivity index (χ0) is 13.1. The quantitative estimate of drug-likeness (QED) is 0.841. The zero-order valence-electron chi connectivity index (χ0n) is 10.9. The van der Waals surface area contributed by atoms with E-state index in [0.29, 0.717) is 19.8 Å². The lowest BCUT2D eigenvalue weighted by molar-refractivity contribution is -0.192. The highest BCUT2D eigenvalue weighted by Gasteiger charge is 2.40. The van der Waals surface area contributed by atoms with Gasteiger partial charge < -0.3 is 14.2 Å². The molecule has 1 saturated carbocycles. The minimum absolute atomic E-state index is 0.209. The number of benzene rings is 1. The molecule has 0 unspecified atom stereocenters. The summed E-state index contributed by atoms with van der Waals surface area (Å²) in [6.45, 7) is 1.96. The van der Waals surface area contributed by atoms with Crippen LogP contribution >= 0.6 is 0 Å². The molecule has 0 atom stereocenters. The van der Waals surface area contributed by atoms with Crippen LogP contribution in [0.3, 0.4) is 0 Å². The molecule has 0 radical (unpaired) electrons. The maximum atomic E-state index is 12.8. The second-order valence-corrected chi connectivity index (χ2v) is 5.24. The van der Waals surface area contributed by atoms with E-state index in [1.54, 1.807) is 12.1 Å². The molecule has 1 spiro atoms. The molecule has 104 valence electrons. The molecular formula is C15H19FO3. The van der Waals surface area contributed by atoms with Crippen LogP contribution in [0.1, 0.15) is 31.2 Å². The van der Waals surface area contributed by atoms with Crippen LogP contribution < -0.4 is 0 Å². The van der Waals surface area contributed by atoms with Gasteiger partial charge in [-0.2, -0.15) is 0 Å². The first-order chi connectivity index (χ1) is 9.26. The Morgan fingerprint density at radius 2 is 1.74 bits per heavy atom. The largest absolute Gasteiger partial charge is 0.374 e. The summed E-state index contributed by atoms with van der Waals surface area (Å²) >= 11 is 0. The molecule has 0 N–H and O–H groups in total. The van der Waals surface area contributed by atoms with Gasteiger partial charge in [-0.15, -0.1) is 0 Å². The van der Waals surface area contributed by atoms with E-state index in [2.05, 4.69) is 0 Å². The van der Waals surface area contributed by atoms with Crippen LogP contribution in [-0.2, 0) is 20.8 Å². The number of rotatable bonds is 3. The fraction of sp³-hybridized carbons (Fsp3) is 0.600. The topological polar surface area (TPSA) is 27.7 Å². The molecule has 1 aliphatic carbocycles. The van der Waals surface area contributed by atoms with E-state index in [4.69, 9.17) is 14.2 Å². The Bertz CT molecular complexity index is 402. The van der Waals surface area contributed by atoms with Gasteiger partial charge in [-0.1, -0.05) is 12.1 Å². The van der Waals surface area contributed by atoms with Crippen molar-refractivity contribution < 1.29 is 18.6 Å². The number of hydrogen-bond donors (Lipinski definition) is 0. The van der Waals surface area contributed by atoms with E-state index >= 15 is 0 Å². The van der Waals surface area contributed by atoms with Crippen molar-refractivity contribution in [2.75, 3.05) is 13.2 Å². The lowest BCUT2D eigenvalue weighted by Gasteiger charge is -2.35. The predicted octanol–water partition coefficient (Wildman–Crippen LogP) is 3.03. The van der Waals surface area contributed by atoms with Crippen LogP contribution in [0.25, 0.3) is 0 Å². The molecule has 3 nitrogen and oxygen atoms in total. The smallest absolute Gasteiger partial charge is 0.168 e. The van der Waals surface area contributed by atoms with Gasteiger partial charge in [0.15, 0.2) is 5.79 Å². The van der Waals surface area contributed by atoms with Gasteiger partial charge in [0.2, 0.25) is 0 Å². The van der Waals surface area contributed by atoms with E-state index in [0.717, 1.165) is 31.2 Å². The molecule has 2 aliphatic rings. The van der Waals surface area contributed by atoms with Crippen LogP contribution in [-0.4, -0.2) is 25.1 Å². The molecule has 1 aromatic rings. The molecule has 1 aromatic carbocycles. The number of ether oxygens (including phenoxy) is 3. The Labute approximate surface area is 112 Å². The average Bonchev–Trinajstić information content (AvgIpc) is 2.89. The normalized spacial score (nSPS) is 23.0.